The Bertz CT molecular complexity index is 887. The highest BCUT2D eigenvalue weighted by atomic mass is 32.2. The van der Waals surface area contributed by atoms with Crippen molar-refractivity contribution >= 4 is 15.8 Å². The smallest absolute Gasteiger partial charge is 0.191 e. The lowest BCUT2D eigenvalue weighted by Gasteiger charge is -2.13. The molecular weight excluding hydrogens is 362 g/mol. The second kappa shape index (κ2) is 9.55. The molecular formula is C19H29N5O2S. The molecule has 0 fully saturated rings. The second-order valence-corrected chi connectivity index (χ2v) is 8.80. The van der Waals surface area contributed by atoms with Crippen molar-refractivity contribution in [1.29, 1.82) is 0 Å². The van der Waals surface area contributed by atoms with Gasteiger partial charge in [-0.25, -0.2) is 18.1 Å². The Morgan fingerprint density at radius 1 is 1.19 bits per heavy atom. The largest absolute Gasteiger partial charge is 0.357 e. The van der Waals surface area contributed by atoms with Crippen molar-refractivity contribution in [3.05, 3.63) is 47.3 Å². The summed E-state index contributed by atoms with van der Waals surface area (Å²) in [5.41, 5.74) is 4.08. The number of aliphatic imine (C=N–C) groups is 1. The van der Waals surface area contributed by atoms with E-state index in [0.717, 1.165) is 22.6 Å². The van der Waals surface area contributed by atoms with Crippen LogP contribution in [-0.4, -0.2) is 48.8 Å². The molecule has 0 unspecified atom stereocenters. The van der Waals surface area contributed by atoms with Gasteiger partial charge in [0, 0.05) is 24.5 Å². The number of para-hydroxylation sites is 1. The molecule has 0 amide bonds. The van der Waals surface area contributed by atoms with E-state index in [0.29, 0.717) is 25.6 Å². The molecule has 1 aromatic heterocycles. The summed E-state index contributed by atoms with van der Waals surface area (Å²) in [6.07, 6.45) is 0. The Hall–Kier alpha value is -2.35. The Kier molecular flexibility index (Phi) is 7.41. The van der Waals surface area contributed by atoms with Crippen molar-refractivity contribution in [3.63, 3.8) is 0 Å². The van der Waals surface area contributed by atoms with Gasteiger partial charge in [-0.3, -0.25) is 0 Å². The number of nitrogens with zero attached hydrogens (tertiary/aromatic N) is 3. The van der Waals surface area contributed by atoms with E-state index in [1.54, 1.807) is 6.92 Å². The van der Waals surface area contributed by atoms with E-state index in [-0.39, 0.29) is 11.5 Å². The van der Waals surface area contributed by atoms with Crippen LogP contribution in [0.2, 0.25) is 0 Å². The van der Waals surface area contributed by atoms with Gasteiger partial charge in [-0.15, -0.1) is 0 Å². The highest BCUT2D eigenvalue weighted by Crippen LogP contribution is 2.17. The predicted octanol–water partition coefficient (Wildman–Crippen LogP) is 1.98. The van der Waals surface area contributed by atoms with Crippen LogP contribution >= 0.6 is 0 Å². The topological polar surface area (TPSA) is 88.4 Å². The van der Waals surface area contributed by atoms with E-state index in [1.165, 1.54) is 0 Å². The lowest BCUT2D eigenvalue weighted by Crippen LogP contribution is -2.39. The average Bonchev–Trinajstić information content (AvgIpc) is 2.98. The number of aromatic nitrogens is 2. The number of hydrogen-bond acceptors (Lipinski definition) is 4. The minimum absolute atomic E-state index is 0.0935. The number of nitrogens with one attached hydrogen (secondary N) is 2. The molecule has 2 N–H and O–H groups in total. The van der Waals surface area contributed by atoms with E-state index < -0.39 is 9.84 Å². The Labute approximate surface area is 161 Å². The quantitative estimate of drug-likeness (QED) is 0.531. The Balaban J connectivity index is 2.15. The van der Waals surface area contributed by atoms with Gasteiger partial charge < -0.3 is 10.6 Å². The monoisotopic (exact) mass is 391 g/mol. The number of guanidine groups is 1. The van der Waals surface area contributed by atoms with Gasteiger partial charge in [0.2, 0.25) is 0 Å². The first kappa shape index (κ1) is 21.0. The second-order valence-electron chi connectivity index (χ2n) is 6.33. The number of sulfone groups is 1. The van der Waals surface area contributed by atoms with Crippen molar-refractivity contribution in [3.8, 4) is 5.69 Å². The summed E-state index contributed by atoms with van der Waals surface area (Å²) >= 11 is 0. The van der Waals surface area contributed by atoms with Gasteiger partial charge in [0.05, 0.1) is 23.7 Å². The maximum Gasteiger partial charge on any atom is 0.191 e. The van der Waals surface area contributed by atoms with E-state index in [9.17, 15) is 8.42 Å². The Morgan fingerprint density at radius 2 is 1.93 bits per heavy atom. The zero-order chi connectivity index (χ0) is 19.9. The van der Waals surface area contributed by atoms with Crippen LogP contribution in [0, 0.1) is 13.8 Å². The molecule has 2 rings (SSSR count). The summed E-state index contributed by atoms with van der Waals surface area (Å²) in [5, 5.41) is 10.8. The van der Waals surface area contributed by atoms with Crippen molar-refractivity contribution in [2.75, 3.05) is 24.6 Å². The Morgan fingerprint density at radius 3 is 2.56 bits per heavy atom. The maximum atomic E-state index is 11.6. The molecule has 0 radical (unpaired) electrons. The number of benzene rings is 1. The predicted molar refractivity (Wildman–Crippen MR) is 110 cm³/mol. The maximum absolute atomic E-state index is 11.6. The molecule has 7 nitrogen and oxygen atoms in total. The zero-order valence-electron chi connectivity index (χ0n) is 16.5. The van der Waals surface area contributed by atoms with Crippen molar-refractivity contribution in [2.24, 2.45) is 4.99 Å². The highest BCUT2D eigenvalue weighted by molar-refractivity contribution is 7.91. The molecule has 0 bridgehead atoms. The van der Waals surface area contributed by atoms with E-state index in [1.807, 2.05) is 55.8 Å². The molecule has 0 saturated carbocycles. The van der Waals surface area contributed by atoms with Gasteiger partial charge in [0.15, 0.2) is 15.8 Å². The standard InChI is InChI=1S/C19H29N5O2S/c1-5-20-19(21-11-12-27(25,26)6-2)22-14-17-9-7-8-10-18(17)24-16(4)13-15(3)23-24/h7-10,13H,5-6,11-12,14H2,1-4H3,(H2,20,21,22). The first-order valence-electron chi connectivity index (χ1n) is 9.20. The van der Waals surface area contributed by atoms with Gasteiger partial charge in [0.1, 0.15) is 0 Å². The lowest BCUT2D eigenvalue weighted by atomic mass is 10.2. The van der Waals surface area contributed by atoms with Gasteiger partial charge in [-0.05, 0) is 38.5 Å². The third kappa shape index (κ3) is 6.09. The van der Waals surface area contributed by atoms with Crippen LogP contribution in [-0.2, 0) is 16.4 Å². The number of aryl methyl sites for hydroxylation is 2. The van der Waals surface area contributed by atoms with Crippen LogP contribution in [0.4, 0.5) is 0 Å². The van der Waals surface area contributed by atoms with E-state index in [4.69, 9.17) is 0 Å². The van der Waals surface area contributed by atoms with Crippen molar-refractivity contribution in [1.82, 2.24) is 20.4 Å². The highest BCUT2D eigenvalue weighted by Gasteiger charge is 2.10. The molecule has 1 aromatic carbocycles. The summed E-state index contributed by atoms with van der Waals surface area (Å²) < 4.78 is 25.2. The number of hydrogen-bond donors (Lipinski definition) is 2. The first-order valence-corrected chi connectivity index (χ1v) is 11.0. The fraction of sp³-hybridized carbons (Fsp3) is 0.474. The van der Waals surface area contributed by atoms with Crippen LogP contribution < -0.4 is 10.6 Å². The first-order chi connectivity index (χ1) is 12.9. The van der Waals surface area contributed by atoms with E-state index >= 15 is 0 Å². The lowest BCUT2D eigenvalue weighted by molar-refractivity contribution is 0.595. The van der Waals surface area contributed by atoms with Gasteiger partial charge in [0.25, 0.3) is 0 Å². The number of rotatable bonds is 8. The summed E-state index contributed by atoms with van der Waals surface area (Å²) in [6, 6.07) is 10.1. The normalized spacial score (nSPS) is 12.2. The zero-order valence-corrected chi connectivity index (χ0v) is 17.3. The molecule has 0 saturated heterocycles. The third-order valence-corrected chi connectivity index (χ3v) is 5.83. The molecule has 0 aliphatic heterocycles. The summed E-state index contributed by atoms with van der Waals surface area (Å²) in [7, 11) is -3.00. The minimum Gasteiger partial charge on any atom is -0.357 e. The van der Waals surface area contributed by atoms with Gasteiger partial charge >= 0.3 is 0 Å². The molecule has 0 aliphatic carbocycles. The molecule has 0 atom stereocenters. The van der Waals surface area contributed by atoms with Gasteiger partial charge in [-0.1, -0.05) is 25.1 Å². The fourth-order valence-electron chi connectivity index (χ4n) is 2.70. The molecule has 0 spiro atoms. The molecule has 8 heteroatoms. The third-order valence-electron chi connectivity index (χ3n) is 4.13. The molecule has 148 valence electrons. The van der Waals surface area contributed by atoms with Crippen LogP contribution in [0.25, 0.3) is 5.69 Å². The SMILES string of the molecule is CCNC(=NCc1ccccc1-n1nc(C)cc1C)NCCS(=O)(=O)CC. The molecule has 2 aromatic rings. The fourth-order valence-corrected chi connectivity index (χ4v) is 3.40. The molecule has 27 heavy (non-hydrogen) atoms. The minimum atomic E-state index is -3.00. The van der Waals surface area contributed by atoms with Crippen molar-refractivity contribution < 1.29 is 8.42 Å². The summed E-state index contributed by atoms with van der Waals surface area (Å²) in [4.78, 5) is 4.61. The molecule has 0 aliphatic rings. The summed E-state index contributed by atoms with van der Waals surface area (Å²) in [6.45, 7) is 9.13. The average molecular weight is 392 g/mol. The summed E-state index contributed by atoms with van der Waals surface area (Å²) in [5.74, 6) is 0.848. The van der Waals surface area contributed by atoms with Crippen LogP contribution in [0.1, 0.15) is 30.8 Å². The molecule has 1 heterocycles. The van der Waals surface area contributed by atoms with Crippen LogP contribution in [0.3, 0.4) is 0 Å². The van der Waals surface area contributed by atoms with E-state index in [2.05, 4.69) is 20.7 Å². The van der Waals surface area contributed by atoms with Crippen LogP contribution in [0.15, 0.2) is 35.3 Å². The van der Waals surface area contributed by atoms with Crippen molar-refractivity contribution in [2.45, 2.75) is 34.2 Å². The van der Waals surface area contributed by atoms with Gasteiger partial charge in [-0.2, -0.15) is 5.10 Å². The van der Waals surface area contributed by atoms with Crippen LogP contribution in [0.5, 0.6) is 0 Å².